The molecule has 0 aliphatic carbocycles. The van der Waals surface area contributed by atoms with E-state index in [-0.39, 0.29) is 37.4 Å². The number of esters is 2. The van der Waals surface area contributed by atoms with Crippen LogP contribution >= 0.6 is 0 Å². The molecule has 0 aromatic carbocycles. The number of hydrogen-bond donors (Lipinski definition) is 3. The summed E-state index contributed by atoms with van der Waals surface area (Å²) in [6, 6.07) is 0. The fourth-order valence-electron chi connectivity index (χ4n) is 2.50. The van der Waals surface area contributed by atoms with Crippen molar-refractivity contribution >= 4 is 23.9 Å². The van der Waals surface area contributed by atoms with Crippen LogP contribution in [0.1, 0.15) is 85.4 Å². The first-order valence-corrected chi connectivity index (χ1v) is 9.12. The molecule has 0 spiro atoms. The van der Waals surface area contributed by atoms with E-state index in [1.165, 1.54) is 32.1 Å². The van der Waals surface area contributed by atoms with Crippen molar-refractivity contribution in [2.45, 2.75) is 89.6 Å². The maximum Gasteiger partial charge on any atom is 1.00 e. The van der Waals surface area contributed by atoms with Gasteiger partial charge in [-0.25, -0.2) is 4.79 Å². The number of aliphatic hydroxyl groups is 1. The van der Waals surface area contributed by atoms with E-state index in [4.69, 9.17) is 10.2 Å². The van der Waals surface area contributed by atoms with Crippen LogP contribution in [0.4, 0.5) is 0 Å². The van der Waals surface area contributed by atoms with Crippen molar-refractivity contribution in [2.75, 3.05) is 0 Å². The van der Waals surface area contributed by atoms with Crippen molar-refractivity contribution in [3.63, 3.8) is 0 Å². The Morgan fingerprint density at radius 1 is 0.815 bits per heavy atom. The first-order chi connectivity index (χ1) is 12.2. The van der Waals surface area contributed by atoms with Crippen LogP contribution in [0.2, 0.25) is 0 Å². The Balaban J connectivity index is -0.00000312. The van der Waals surface area contributed by atoms with Gasteiger partial charge in [0.25, 0.3) is 0 Å². The number of carboxylic acids is 2. The van der Waals surface area contributed by atoms with Crippen LogP contribution in [0.5, 0.6) is 0 Å². The number of unbranched alkanes of at least 4 members (excludes halogenated alkanes) is 8. The quantitative estimate of drug-likeness (QED) is 0.149. The SMILES string of the molecule is CCCCCCCCCCCC(=O)OC(=O)CC(O)(CC(=O)O)C(=O)O.[H-].[Na+]. The maximum atomic E-state index is 11.6. The van der Waals surface area contributed by atoms with E-state index in [0.717, 1.165) is 19.3 Å². The molecule has 0 aliphatic rings. The molecule has 0 amide bonds. The van der Waals surface area contributed by atoms with Gasteiger partial charge in [0.05, 0.1) is 12.8 Å². The number of carbonyl (C=O) groups excluding carboxylic acids is 2. The van der Waals surface area contributed by atoms with Gasteiger partial charge in [-0.15, -0.1) is 0 Å². The van der Waals surface area contributed by atoms with Gasteiger partial charge in [0.2, 0.25) is 0 Å². The smallest absolute Gasteiger partial charge is 1.00 e. The Morgan fingerprint density at radius 3 is 1.74 bits per heavy atom. The summed E-state index contributed by atoms with van der Waals surface area (Å²) >= 11 is 0. The van der Waals surface area contributed by atoms with E-state index in [2.05, 4.69) is 11.7 Å². The van der Waals surface area contributed by atoms with Gasteiger partial charge in [0, 0.05) is 6.42 Å². The zero-order chi connectivity index (χ0) is 20.0. The summed E-state index contributed by atoms with van der Waals surface area (Å²) in [5.74, 6) is -5.50. The summed E-state index contributed by atoms with van der Waals surface area (Å²) < 4.78 is 4.46. The van der Waals surface area contributed by atoms with Crippen molar-refractivity contribution in [1.29, 1.82) is 0 Å². The monoisotopic (exact) mass is 398 g/mol. The molecule has 9 heteroatoms. The fourth-order valence-corrected chi connectivity index (χ4v) is 2.50. The summed E-state index contributed by atoms with van der Waals surface area (Å²) in [4.78, 5) is 44.6. The summed E-state index contributed by atoms with van der Waals surface area (Å²) in [5, 5.41) is 27.1. The molecule has 0 aromatic rings. The summed E-state index contributed by atoms with van der Waals surface area (Å²) in [7, 11) is 0. The third kappa shape index (κ3) is 14.7. The Bertz CT molecular complexity index is 486. The summed E-state index contributed by atoms with van der Waals surface area (Å²) in [6.07, 6.45) is 7.32. The second-order valence-corrected chi connectivity index (χ2v) is 6.51. The van der Waals surface area contributed by atoms with E-state index >= 15 is 0 Å². The number of carbonyl (C=O) groups is 4. The zero-order valence-corrected chi connectivity index (χ0v) is 18.4. The van der Waals surface area contributed by atoms with Crippen molar-refractivity contribution in [3.8, 4) is 0 Å². The second-order valence-electron chi connectivity index (χ2n) is 6.51. The molecule has 0 saturated carbocycles. The molecule has 0 heterocycles. The van der Waals surface area contributed by atoms with Crippen LogP contribution in [-0.4, -0.2) is 44.8 Å². The molecule has 1 atom stereocenters. The molecule has 8 nitrogen and oxygen atoms in total. The molecular formula is C18H31NaO8. The molecule has 1 unspecified atom stereocenters. The first-order valence-electron chi connectivity index (χ1n) is 9.12. The van der Waals surface area contributed by atoms with Crippen LogP contribution < -0.4 is 29.6 Å². The summed E-state index contributed by atoms with van der Waals surface area (Å²) in [6.45, 7) is 2.16. The molecule has 27 heavy (non-hydrogen) atoms. The van der Waals surface area contributed by atoms with Gasteiger partial charge in [0.15, 0.2) is 5.60 Å². The molecule has 0 saturated heterocycles. The van der Waals surface area contributed by atoms with Crippen LogP contribution in [0.15, 0.2) is 0 Å². The Hall–Kier alpha value is -0.960. The molecule has 152 valence electrons. The van der Waals surface area contributed by atoms with E-state index in [0.29, 0.717) is 6.42 Å². The number of ether oxygens (including phenoxy) is 1. The zero-order valence-electron chi connectivity index (χ0n) is 17.4. The van der Waals surface area contributed by atoms with Gasteiger partial charge >= 0.3 is 53.4 Å². The molecule has 3 N–H and O–H groups in total. The molecule has 0 aromatic heterocycles. The Labute approximate surface area is 183 Å². The molecule has 0 aliphatic heterocycles. The average molecular weight is 398 g/mol. The van der Waals surface area contributed by atoms with Gasteiger partial charge in [-0.05, 0) is 6.42 Å². The van der Waals surface area contributed by atoms with Crippen molar-refractivity contribution < 1.29 is 70.2 Å². The van der Waals surface area contributed by atoms with Crippen molar-refractivity contribution in [3.05, 3.63) is 0 Å². The second kappa shape index (κ2) is 16.0. The summed E-state index contributed by atoms with van der Waals surface area (Å²) in [5.41, 5.74) is -2.79. The fraction of sp³-hybridized carbons (Fsp3) is 0.778. The van der Waals surface area contributed by atoms with E-state index in [1.807, 2.05) is 0 Å². The molecule has 0 rings (SSSR count). The minimum Gasteiger partial charge on any atom is -1.00 e. The van der Waals surface area contributed by atoms with E-state index in [1.54, 1.807) is 0 Å². The van der Waals surface area contributed by atoms with Crippen molar-refractivity contribution in [2.24, 2.45) is 0 Å². The Morgan fingerprint density at radius 2 is 1.30 bits per heavy atom. The predicted octanol–water partition coefficient (Wildman–Crippen LogP) is -0.226. The van der Waals surface area contributed by atoms with Crippen LogP contribution in [-0.2, 0) is 23.9 Å². The van der Waals surface area contributed by atoms with Crippen LogP contribution in [0.3, 0.4) is 0 Å². The van der Waals surface area contributed by atoms with Crippen LogP contribution in [0, 0.1) is 0 Å². The third-order valence-electron chi connectivity index (χ3n) is 3.99. The average Bonchev–Trinajstić information content (AvgIpc) is 2.52. The normalized spacial score (nSPS) is 12.5. The minimum absolute atomic E-state index is 0. The standard InChI is InChI=1S/C18H30O8.Na.H/c1-2-3-4-5-6-7-8-9-10-11-15(21)26-16(22)13-18(25,17(23)24)12-14(19)20;;/h25H,2-13H2,1H3,(H,19,20)(H,23,24);;/q;+1;-1. The van der Waals surface area contributed by atoms with Gasteiger partial charge < -0.3 is 21.5 Å². The van der Waals surface area contributed by atoms with Crippen LogP contribution in [0.25, 0.3) is 0 Å². The maximum absolute atomic E-state index is 11.6. The van der Waals surface area contributed by atoms with Gasteiger partial charge in [0.1, 0.15) is 0 Å². The number of hydrogen-bond acceptors (Lipinski definition) is 6. The van der Waals surface area contributed by atoms with Gasteiger partial charge in [-0.1, -0.05) is 58.3 Å². The first kappa shape index (κ1) is 28.3. The molecule has 0 radical (unpaired) electrons. The van der Waals surface area contributed by atoms with Gasteiger partial charge in [-0.3, -0.25) is 14.4 Å². The largest absolute Gasteiger partial charge is 1.00 e. The van der Waals surface area contributed by atoms with Crippen molar-refractivity contribution in [1.82, 2.24) is 0 Å². The minimum atomic E-state index is -2.79. The number of carboxylic acid groups (broad SMARTS) is 2. The number of rotatable bonds is 15. The third-order valence-corrected chi connectivity index (χ3v) is 3.99. The predicted molar refractivity (Wildman–Crippen MR) is 93.5 cm³/mol. The Kier molecular flexibility index (Phi) is 16.8. The topological polar surface area (TPSA) is 138 Å². The molecule has 0 bridgehead atoms. The number of aliphatic carboxylic acids is 2. The molecular weight excluding hydrogens is 367 g/mol. The van der Waals surface area contributed by atoms with E-state index < -0.39 is 42.3 Å². The van der Waals surface area contributed by atoms with E-state index in [9.17, 15) is 24.3 Å². The van der Waals surface area contributed by atoms with Gasteiger partial charge in [-0.2, -0.15) is 0 Å². The molecule has 0 fully saturated rings.